The SMILES string of the molecule is CC(C)(C)CC1(N)N=C(Nc2ccncc2)NC(c2ccccc2)=N1. The van der Waals surface area contributed by atoms with Crippen molar-refractivity contribution in [2.24, 2.45) is 21.1 Å². The van der Waals surface area contributed by atoms with E-state index in [0.29, 0.717) is 18.2 Å². The molecule has 1 aromatic heterocycles. The summed E-state index contributed by atoms with van der Waals surface area (Å²) in [5.74, 6) is 0.259. The summed E-state index contributed by atoms with van der Waals surface area (Å²) in [6, 6.07) is 13.7. The van der Waals surface area contributed by atoms with Crippen LogP contribution in [0, 0.1) is 5.41 Å². The topological polar surface area (TPSA) is 87.7 Å². The van der Waals surface area contributed by atoms with E-state index >= 15 is 0 Å². The van der Waals surface area contributed by atoms with Crippen molar-refractivity contribution in [3.05, 3.63) is 60.4 Å². The van der Waals surface area contributed by atoms with Crippen LogP contribution >= 0.6 is 0 Å². The number of guanidine groups is 1. The lowest BCUT2D eigenvalue weighted by atomic mass is 9.88. The first-order valence-electron chi connectivity index (χ1n) is 8.31. The lowest BCUT2D eigenvalue weighted by Gasteiger charge is -2.33. The van der Waals surface area contributed by atoms with Gasteiger partial charge in [0.1, 0.15) is 5.84 Å². The first kappa shape index (κ1) is 17.1. The Labute approximate surface area is 148 Å². The van der Waals surface area contributed by atoms with Crippen molar-refractivity contribution in [1.82, 2.24) is 10.3 Å². The summed E-state index contributed by atoms with van der Waals surface area (Å²) < 4.78 is 0. The zero-order chi connectivity index (χ0) is 17.9. The van der Waals surface area contributed by atoms with Gasteiger partial charge in [-0.25, -0.2) is 9.98 Å². The maximum atomic E-state index is 6.55. The number of nitrogens with two attached hydrogens (primary N) is 1. The van der Waals surface area contributed by atoms with Crippen LogP contribution in [0.4, 0.5) is 5.69 Å². The summed E-state index contributed by atoms with van der Waals surface area (Å²) in [4.78, 5) is 13.4. The van der Waals surface area contributed by atoms with Gasteiger partial charge in [0.05, 0.1) is 0 Å². The van der Waals surface area contributed by atoms with Crippen LogP contribution in [-0.4, -0.2) is 22.6 Å². The van der Waals surface area contributed by atoms with Crippen molar-refractivity contribution < 1.29 is 0 Å². The number of nitrogens with one attached hydrogen (secondary N) is 2. The summed E-state index contributed by atoms with van der Waals surface area (Å²) in [5.41, 5.74) is 8.39. The molecule has 0 radical (unpaired) electrons. The molecule has 0 spiro atoms. The molecule has 0 fully saturated rings. The van der Waals surface area contributed by atoms with Crippen LogP contribution in [0.5, 0.6) is 0 Å². The average molecular weight is 336 g/mol. The molecule has 4 N–H and O–H groups in total. The number of anilines is 1. The third-order valence-electron chi connectivity index (χ3n) is 3.63. The minimum Gasteiger partial charge on any atom is -0.326 e. The number of amidine groups is 1. The Balaban J connectivity index is 1.94. The van der Waals surface area contributed by atoms with E-state index in [9.17, 15) is 0 Å². The van der Waals surface area contributed by atoms with E-state index in [1.54, 1.807) is 12.4 Å². The van der Waals surface area contributed by atoms with Gasteiger partial charge in [-0.3, -0.25) is 10.7 Å². The highest BCUT2D eigenvalue weighted by molar-refractivity contribution is 6.13. The van der Waals surface area contributed by atoms with Crippen molar-refractivity contribution in [3.8, 4) is 0 Å². The largest absolute Gasteiger partial charge is 0.326 e. The van der Waals surface area contributed by atoms with Crippen molar-refractivity contribution in [2.75, 3.05) is 5.32 Å². The molecule has 1 aromatic carbocycles. The number of aliphatic imine (C=N–C) groups is 2. The molecule has 1 aliphatic heterocycles. The standard InChI is InChI=1S/C19H24N6/c1-18(2,3)13-19(20)24-16(14-7-5-4-6-8-14)23-17(25-19)22-15-9-11-21-12-10-15/h4-12H,13,20H2,1-3H3,(H2,21,22,23,24,25). The van der Waals surface area contributed by atoms with E-state index in [-0.39, 0.29) is 5.41 Å². The summed E-state index contributed by atoms with van der Waals surface area (Å²) in [6.07, 6.45) is 4.07. The molecule has 0 aliphatic carbocycles. The fourth-order valence-corrected chi connectivity index (χ4v) is 2.80. The van der Waals surface area contributed by atoms with Gasteiger partial charge in [-0.05, 0) is 17.5 Å². The Bertz CT molecular complexity index is 777. The van der Waals surface area contributed by atoms with Gasteiger partial charge in [-0.2, -0.15) is 0 Å². The predicted molar refractivity (Wildman–Crippen MR) is 102 cm³/mol. The second-order valence-electron chi connectivity index (χ2n) is 7.39. The lowest BCUT2D eigenvalue weighted by Crippen LogP contribution is -2.51. The predicted octanol–water partition coefficient (Wildman–Crippen LogP) is 2.95. The normalized spacial score (nSPS) is 20.3. The minimum absolute atomic E-state index is 0.0112. The summed E-state index contributed by atoms with van der Waals surface area (Å²) in [7, 11) is 0. The monoisotopic (exact) mass is 336 g/mol. The summed E-state index contributed by atoms with van der Waals surface area (Å²) >= 11 is 0. The molecule has 1 unspecified atom stereocenters. The van der Waals surface area contributed by atoms with Crippen LogP contribution in [0.25, 0.3) is 0 Å². The second kappa shape index (κ2) is 6.64. The molecule has 2 aromatic rings. The highest BCUT2D eigenvalue weighted by atomic mass is 15.4. The molecular weight excluding hydrogens is 312 g/mol. The zero-order valence-corrected chi connectivity index (χ0v) is 14.8. The summed E-state index contributed by atoms with van der Waals surface area (Å²) in [6.45, 7) is 6.40. The lowest BCUT2D eigenvalue weighted by molar-refractivity contribution is 0.267. The van der Waals surface area contributed by atoms with Crippen LogP contribution in [-0.2, 0) is 0 Å². The number of rotatable bonds is 3. The average Bonchev–Trinajstić information content (AvgIpc) is 2.54. The molecule has 6 nitrogen and oxygen atoms in total. The molecule has 2 heterocycles. The fourth-order valence-electron chi connectivity index (χ4n) is 2.80. The third-order valence-corrected chi connectivity index (χ3v) is 3.63. The van der Waals surface area contributed by atoms with Gasteiger partial charge in [0, 0.05) is 30.1 Å². The highest BCUT2D eigenvalue weighted by Gasteiger charge is 2.34. The quantitative estimate of drug-likeness (QED) is 0.804. The van der Waals surface area contributed by atoms with Gasteiger partial charge in [0.15, 0.2) is 0 Å². The molecule has 0 amide bonds. The Hall–Kier alpha value is -2.73. The van der Waals surface area contributed by atoms with Crippen LogP contribution in [0.2, 0.25) is 0 Å². The molecule has 3 rings (SSSR count). The molecule has 1 atom stereocenters. The zero-order valence-electron chi connectivity index (χ0n) is 14.8. The Morgan fingerprint density at radius 2 is 1.72 bits per heavy atom. The van der Waals surface area contributed by atoms with Gasteiger partial charge in [0.2, 0.25) is 11.7 Å². The van der Waals surface area contributed by atoms with Gasteiger partial charge in [0.25, 0.3) is 0 Å². The smallest absolute Gasteiger partial charge is 0.208 e. The number of hydrogen-bond acceptors (Lipinski definition) is 6. The van der Waals surface area contributed by atoms with Crippen LogP contribution < -0.4 is 16.4 Å². The molecule has 0 bridgehead atoms. The minimum atomic E-state index is -1.02. The molecule has 25 heavy (non-hydrogen) atoms. The number of benzene rings is 1. The molecule has 0 saturated carbocycles. The second-order valence-corrected chi connectivity index (χ2v) is 7.39. The van der Waals surface area contributed by atoms with Crippen LogP contribution in [0.3, 0.4) is 0 Å². The van der Waals surface area contributed by atoms with E-state index in [1.165, 1.54) is 0 Å². The Morgan fingerprint density at radius 3 is 2.36 bits per heavy atom. The van der Waals surface area contributed by atoms with E-state index in [2.05, 4.69) is 41.4 Å². The first-order chi connectivity index (χ1) is 11.8. The van der Waals surface area contributed by atoms with E-state index in [1.807, 2.05) is 42.5 Å². The number of pyridine rings is 1. The molecule has 0 saturated heterocycles. The van der Waals surface area contributed by atoms with E-state index in [4.69, 9.17) is 10.7 Å². The maximum Gasteiger partial charge on any atom is 0.208 e. The van der Waals surface area contributed by atoms with Gasteiger partial charge < -0.3 is 10.6 Å². The van der Waals surface area contributed by atoms with Gasteiger partial charge in [-0.1, -0.05) is 51.1 Å². The van der Waals surface area contributed by atoms with Crippen molar-refractivity contribution in [1.29, 1.82) is 0 Å². The van der Waals surface area contributed by atoms with Crippen molar-refractivity contribution >= 4 is 17.5 Å². The molecular formula is C19H24N6. The Kier molecular flexibility index (Phi) is 4.55. The number of hydrogen-bond donors (Lipinski definition) is 3. The van der Waals surface area contributed by atoms with Crippen LogP contribution in [0.15, 0.2) is 64.8 Å². The third kappa shape index (κ3) is 4.64. The van der Waals surface area contributed by atoms with Gasteiger partial charge in [-0.15, -0.1) is 0 Å². The van der Waals surface area contributed by atoms with Crippen molar-refractivity contribution in [2.45, 2.75) is 33.0 Å². The number of nitrogens with zero attached hydrogens (tertiary/aromatic N) is 3. The van der Waals surface area contributed by atoms with E-state index in [0.717, 1.165) is 11.3 Å². The fraction of sp³-hybridized carbons (Fsp3) is 0.316. The Morgan fingerprint density at radius 1 is 1.04 bits per heavy atom. The van der Waals surface area contributed by atoms with Crippen molar-refractivity contribution in [3.63, 3.8) is 0 Å². The maximum absolute atomic E-state index is 6.55. The molecule has 1 aliphatic rings. The molecule has 6 heteroatoms. The van der Waals surface area contributed by atoms with Crippen LogP contribution in [0.1, 0.15) is 32.8 Å². The van der Waals surface area contributed by atoms with E-state index < -0.39 is 5.79 Å². The highest BCUT2D eigenvalue weighted by Crippen LogP contribution is 2.29. The summed E-state index contributed by atoms with van der Waals surface area (Å²) in [5, 5.41) is 6.51. The number of aromatic nitrogens is 1. The first-order valence-corrected chi connectivity index (χ1v) is 8.31. The molecule has 130 valence electrons. The van der Waals surface area contributed by atoms with Gasteiger partial charge >= 0.3 is 0 Å².